The van der Waals surface area contributed by atoms with E-state index in [1.807, 2.05) is 0 Å². The zero-order valence-electron chi connectivity index (χ0n) is 9.58. The van der Waals surface area contributed by atoms with Gasteiger partial charge in [0, 0.05) is 6.54 Å². The lowest BCUT2D eigenvalue weighted by atomic mass is 9.83. The molecule has 0 unspecified atom stereocenters. The molecule has 1 aromatic heterocycles. The molecule has 0 amide bonds. The molecular weight excluding hydrogens is 226 g/mol. The van der Waals surface area contributed by atoms with Gasteiger partial charge in [-0.1, -0.05) is 24.9 Å². The van der Waals surface area contributed by atoms with Crippen LogP contribution in [-0.2, 0) is 5.88 Å². The minimum atomic E-state index is 0.273. The van der Waals surface area contributed by atoms with E-state index in [2.05, 4.69) is 22.4 Å². The molecule has 16 heavy (non-hydrogen) atoms. The van der Waals surface area contributed by atoms with Gasteiger partial charge in [0.15, 0.2) is 0 Å². The molecule has 1 aromatic rings. The average molecular weight is 244 g/mol. The fraction of sp³-hybridized carbons (Fsp3) is 0.818. The van der Waals surface area contributed by atoms with Crippen LogP contribution in [0.2, 0.25) is 0 Å². The monoisotopic (exact) mass is 243 g/mol. The van der Waals surface area contributed by atoms with Crippen LogP contribution in [0.15, 0.2) is 4.42 Å². The van der Waals surface area contributed by atoms with Crippen molar-refractivity contribution >= 4 is 17.6 Å². The molecule has 4 nitrogen and oxygen atoms in total. The van der Waals surface area contributed by atoms with Crippen molar-refractivity contribution in [3.8, 4) is 0 Å². The van der Waals surface area contributed by atoms with Gasteiger partial charge in [-0.3, -0.25) is 0 Å². The zero-order valence-corrected chi connectivity index (χ0v) is 10.3. The number of nitrogens with zero attached hydrogens (tertiary/aromatic N) is 2. The van der Waals surface area contributed by atoms with Crippen LogP contribution < -0.4 is 5.32 Å². The van der Waals surface area contributed by atoms with Crippen LogP contribution in [0.1, 0.15) is 38.5 Å². The fourth-order valence-corrected chi connectivity index (χ4v) is 2.25. The normalized spacial score (nSPS) is 25.6. The van der Waals surface area contributed by atoms with Gasteiger partial charge in [0.1, 0.15) is 5.88 Å². The Balaban J connectivity index is 1.74. The van der Waals surface area contributed by atoms with Gasteiger partial charge in [-0.2, -0.15) is 0 Å². The van der Waals surface area contributed by atoms with Crippen molar-refractivity contribution in [3.05, 3.63) is 5.89 Å². The Kier molecular flexibility index (Phi) is 4.04. The Labute approximate surface area is 101 Å². The summed E-state index contributed by atoms with van der Waals surface area (Å²) in [5.41, 5.74) is 0. The molecule has 1 N–H and O–H groups in total. The summed E-state index contributed by atoms with van der Waals surface area (Å²) >= 11 is 5.58. The standard InChI is InChI=1S/C11H18ClN3O/c1-8-2-4-9(5-3-8)7-13-11-15-14-10(6-12)16-11/h8-9H,2-7H2,1H3,(H,13,15). The number of hydrogen-bond acceptors (Lipinski definition) is 4. The maximum absolute atomic E-state index is 5.58. The van der Waals surface area contributed by atoms with Crippen molar-refractivity contribution in [1.82, 2.24) is 10.2 Å². The highest BCUT2D eigenvalue weighted by atomic mass is 35.5. The number of halogens is 1. The largest absolute Gasteiger partial charge is 0.407 e. The molecule has 1 fully saturated rings. The van der Waals surface area contributed by atoms with Crippen LogP contribution in [0.3, 0.4) is 0 Å². The molecule has 5 heteroatoms. The lowest BCUT2D eigenvalue weighted by molar-refractivity contribution is 0.299. The smallest absolute Gasteiger partial charge is 0.315 e. The minimum absolute atomic E-state index is 0.273. The van der Waals surface area contributed by atoms with Crippen molar-refractivity contribution in [2.24, 2.45) is 11.8 Å². The van der Waals surface area contributed by atoms with Gasteiger partial charge in [-0.25, -0.2) is 0 Å². The first-order valence-corrected chi connectivity index (χ1v) is 6.43. The third kappa shape index (κ3) is 3.11. The summed E-state index contributed by atoms with van der Waals surface area (Å²) in [7, 11) is 0. The molecule has 0 atom stereocenters. The number of anilines is 1. The SMILES string of the molecule is CC1CCC(CNc2nnc(CCl)o2)CC1. The van der Waals surface area contributed by atoms with Gasteiger partial charge in [-0.05, 0) is 24.7 Å². The molecule has 0 aromatic carbocycles. The number of alkyl halides is 1. The molecule has 1 aliphatic carbocycles. The van der Waals surface area contributed by atoms with Gasteiger partial charge in [0.2, 0.25) is 5.89 Å². The molecular formula is C11H18ClN3O. The highest BCUT2D eigenvalue weighted by molar-refractivity contribution is 6.16. The lowest BCUT2D eigenvalue weighted by Gasteiger charge is -2.25. The van der Waals surface area contributed by atoms with E-state index in [0.29, 0.717) is 11.9 Å². The van der Waals surface area contributed by atoms with Crippen LogP contribution in [0.5, 0.6) is 0 Å². The van der Waals surface area contributed by atoms with Crippen molar-refractivity contribution in [2.45, 2.75) is 38.5 Å². The molecule has 0 spiro atoms. The van der Waals surface area contributed by atoms with Crippen LogP contribution in [0, 0.1) is 11.8 Å². The van der Waals surface area contributed by atoms with Crippen LogP contribution in [0.25, 0.3) is 0 Å². The first kappa shape index (κ1) is 11.7. The predicted molar refractivity (Wildman–Crippen MR) is 63.5 cm³/mol. The van der Waals surface area contributed by atoms with Crippen molar-refractivity contribution in [1.29, 1.82) is 0 Å². The van der Waals surface area contributed by atoms with Gasteiger partial charge in [0.05, 0.1) is 0 Å². The first-order chi connectivity index (χ1) is 7.78. The minimum Gasteiger partial charge on any atom is -0.407 e. The molecule has 1 heterocycles. The quantitative estimate of drug-likeness (QED) is 0.826. The Bertz CT molecular complexity index is 321. The third-order valence-corrected chi connectivity index (χ3v) is 3.49. The molecule has 90 valence electrons. The summed E-state index contributed by atoms with van der Waals surface area (Å²) in [4.78, 5) is 0. The summed E-state index contributed by atoms with van der Waals surface area (Å²) in [6.07, 6.45) is 5.27. The fourth-order valence-electron chi connectivity index (χ4n) is 2.14. The number of nitrogens with one attached hydrogen (secondary N) is 1. The van der Waals surface area contributed by atoms with Crippen molar-refractivity contribution in [3.63, 3.8) is 0 Å². The highest BCUT2D eigenvalue weighted by Crippen LogP contribution is 2.28. The van der Waals surface area contributed by atoms with Crippen LogP contribution in [0.4, 0.5) is 6.01 Å². The summed E-state index contributed by atoms with van der Waals surface area (Å²) < 4.78 is 5.28. The second-order valence-corrected chi connectivity index (χ2v) is 4.91. The number of aromatic nitrogens is 2. The Morgan fingerprint density at radius 1 is 1.31 bits per heavy atom. The van der Waals surface area contributed by atoms with E-state index < -0.39 is 0 Å². The van der Waals surface area contributed by atoms with Gasteiger partial charge in [-0.15, -0.1) is 16.7 Å². The van der Waals surface area contributed by atoms with Gasteiger partial charge in [0.25, 0.3) is 0 Å². The van der Waals surface area contributed by atoms with Gasteiger partial charge < -0.3 is 9.73 Å². The van der Waals surface area contributed by atoms with E-state index in [1.165, 1.54) is 25.7 Å². The molecule has 1 aliphatic rings. The van der Waals surface area contributed by atoms with Crippen molar-refractivity contribution in [2.75, 3.05) is 11.9 Å². The average Bonchev–Trinajstić information content (AvgIpc) is 2.76. The lowest BCUT2D eigenvalue weighted by Crippen LogP contribution is -2.20. The Morgan fingerprint density at radius 2 is 2.06 bits per heavy atom. The molecule has 2 rings (SSSR count). The second-order valence-electron chi connectivity index (χ2n) is 4.64. The third-order valence-electron chi connectivity index (χ3n) is 3.26. The second kappa shape index (κ2) is 5.53. The zero-order chi connectivity index (χ0) is 11.4. The maximum atomic E-state index is 5.58. The van der Waals surface area contributed by atoms with E-state index in [1.54, 1.807) is 0 Å². The van der Waals surface area contributed by atoms with Crippen molar-refractivity contribution < 1.29 is 4.42 Å². The topological polar surface area (TPSA) is 51.0 Å². The number of hydrogen-bond donors (Lipinski definition) is 1. The van der Waals surface area contributed by atoms with E-state index >= 15 is 0 Å². The highest BCUT2D eigenvalue weighted by Gasteiger charge is 2.18. The molecule has 0 bridgehead atoms. The predicted octanol–water partition coefficient (Wildman–Crippen LogP) is 3.05. The summed E-state index contributed by atoms with van der Waals surface area (Å²) in [5.74, 6) is 2.38. The number of rotatable bonds is 4. The molecule has 0 radical (unpaired) electrons. The molecule has 0 saturated heterocycles. The van der Waals surface area contributed by atoms with Gasteiger partial charge >= 0.3 is 6.01 Å². The Hall–Kier alpha value is -0.770. The van der Waals surface area contributed by atoms with Crippen LogP contribution in [-0.4, -0.2) is 16.7 Å². The van der Waals surface area contributed by atoms with E-state index in [-0.39, 0.29) is 5.88 Å². The first-order valence-electron chi connectivity index (χ1n) is 5.90. The summed E-state index contributed by atoms with van der Waals surface area (Å²) in [5, 5.41) is 10.9. The van der Waals surface area contributed by atoms with E-state index in [0.717, 1.165) is 18.4 Å². The molecule has 0 aliphatic heterocycles. The van der Waals surface area contributed by atoms with E-state index in [4.69, 9.17) is 16.0 Å². The Morgan fingerprint density at radius 3 is 2.69 bits per heavy atom. The van der Waals surface area contributed by atoms with E-state index in [9.17, 15) is 0 Å². The summed E-state index contributed by atoms with van der Waals surface area (Å²) in [6, 6.07) is 0.495. The summed E-state index contributed by atoms with van der Waals surface area (Å²) in [6.45, 7) is 3.25. The van der Waals surface area contributed by atoms with Crippen LogP contribution >= 0.6 is 11.6 Å². The maximum Gasteiger partial charge on any atom is 0.315 e. The molecule has 1 saturated carbocycles.